The summed E-state index contributed by atoms with van der Waals surface area (Å²) in [4.78, 5) is 16.7. The fraction of sp³-hybridized carbons (Fsp3) is 0.533. The molecule has 110 valence electrons. The number of anilines is 1. The summed E-state index contributed by atoms with van der Waals surface area (Å²) in [5, 5.41) is 0. The number of rotatable bonds is 4. The molecule has 1 aliphatic rings. The number of benzene rings is 1. The highest BCUT2D eigenvalue weighted by Crippen LogP contribution is 2.12. The topological polar surface area (TPSA) is 58.8 Å². The molecule has 0 saturated carbocycles. The molecular formula is C15H23N3O2. The van der Waals surface area contributed by atoms with Crippen molar-refractivity contribution in [1.82, 2.24) is 9.80 Å². The number of ether oxygens (including phenoxy) is 1. The summed E-state index contributed by atoms with van der Waals surface area (Å²) in [5.41, 5.74) is 7.05. The third kappa shape index (κ3) is 3.95. The van der Waals surface area contributed by atoms with E-state index in [1.807, 2.05) is 17.0 Å². The number of nitrogen functional groups attached to an aromatic ring is 1. The molecule has 1 fully saturated rings. The Morgan fingerprint density at radius 3 is 2.90 bits per heavy atom. The lowest BCUT2D eigenvalue weighted by Crippen LogP contribution is -2.36. The molecule has 5 nitrogen and oxygen atoms in total. The van der Waals surface area contributed by atoms with E-state index < -0.39 is 0 Å². The zero-order chi connectivity index (χ0) is 14.4. The van der Waals surface area contributed by atoms with Crippen LogP contribution < -0.4 is 5.73 Å². The van der Waals surface area contributed by atoms with Gasteiger partial charge < -0.3 is 15.4 Å². The molecule has 1 amide bonds. The number of carbonyl (C=O) groups is 1. The lowest BCUT2D eigenvalue weighted by molar-refractivity contribution is 0.0759. The average molecular weight is 277 g/mol. The van der Waals surface area contributed by atoms with E-state index in [1.54, 1.807) is 19.2 Å². The average Bonchev–Trinajstić information content (AvgIpc) is 2.70. The van der Waals surface area contributed by atoms with Gasteiger partial charge in [-0.15, -0.1) is 0 Å². The Labute approximate surface area is 120 Å². The zero-order valence-corrected chi connectivity index (χ0v) is 12.0. The van der Waals surface area contributed by atoms with Crippen LogP contribution in [-0.4, -0.2) is 62.1 Å². The molecular weight excluding hydrogens is 254 g/mol. The Hall–Kier alpha value is -1.59. The second-order valence-electron chi connectivity index (χ2n) is 5.11. The van der Waals surface area contributed by atoms with Crippen LogP contribution in [0.25, 0.3) is 0 Å². The van der Waals surface area contributed by atoms with Crippen LogP contribution in [0.5, 0.6) is 0 Å². The Bertz CT molecular complexity index is 450. The molecule has 1 aromatic rings. The molecule has 2 rings (SSSR count). The van der Waals surface area contributed by atoms with Crippen molar-refractivity contribution < 1.29 is 9.53 Å². The first kappa shape index (κ1) is 14.8. The fourth-order valence-corrected chi connectivity index (χ4v) is 2.47. The van der Waals surface area contributed by atoms with Gasteiger partial charge in [-0.05, 0) is 31.2 Å². The van der Waals surface area contributed by atoms with Crippen LogP contribution in [0.4, 0.5) is 5.69 Å². The van der Waals surface area contributed by atoms with E-state index in [0.717, 1.165) is 45.8 Å². The van der Waals surface area contributed by atoms with Crippen molar-refractivity contribution in [1.29, 1.82) is 0 Å². The van der Waals surface area contributed by atoms with Crippen molar-refractivity contribution in [2.75, 3.05) is 52.2 Å². The molecule has 0 bridgehead atoms. The third-order valence-electron chi connectivity index (χ3n) is 3.62. The van der Waals surface area contributed by atoms with Gasteiger partial charge in [0.2, 0.25) is 0 Å². The van der Waals surface area contributed by atoms with Gasteiger partial charge in [0.15, 0.2) is 0 Å². The Balaban J connectivity index is 1.94. The predicted molar refractivity (Wildman–Crippen MR) is 79.7 cm³/mol. The highest BCUT2D eigenvalue weighted by atomic mass is 16.5. The predicted octanol–water partition coefficient (Wildman–Crippen LogP) is 1.06. The molecule has 0 radical (unpaired) electrons. The van der Waals surface area contributed by atoms with E-state index in [1.165, 1.54) is 0 Å². The number of hydrogen-bond acceptors (Lipinski definition) is 4. The van der Waals surface area contributed by atoms with Gasteiger partial charge in [0.05, 0.1) is 6.61 Å². The summed E-state index contributed by atoms with van der Waals surface area (Å²) in [6.45, 7) is 5.15. The molecule has 0 spiro atoms. The maximum atomic E-state index is 12.5. The third-order valence-corrected chi connectivity index (χ3v) is 3.62. The van der Waals surface area contributed by atoms with E-state index in [9.17, 15) is 4.79 Å². The normalized spacial score (nSPS) is 16.9. The van der Waals surface area contributed by atoms with Crippen LogP contribution in [0.2, 0.25) is 0 Å². The summed E-state index contributed by atoms with van der Waals surface area (Å²) in [7, 11) is 1.72. The summed E-state index contributed by atoms with van der Waals surface area (Å²) in [6, 6.07) is 7.19. The van der Waals surface area contributed by atoms with Gasteiger partial charge in [-0.2, -0.15) is 0 Å². The maximum Gasteiger partial charge on any atom is 0.253 e. The van der Waals surface area contributed by atoms with Gasteiger partial charge >= 0.3 is 0 Å². The standard InChI is InChI=1S/C15H23N3O2/c1-20-11-10-17-6-3-7-18(9-8-17)15(19)13-4-2-5-14(16)12-13/h2,4-5,12H,3,6-11,16H2,1H3. The molecule has 5 heteroatoms. The SMILES string of the molecule is COCCN1CCCN(C(=O)c2cccc(N)c2)CC1. The van der Waals surface area contributed by atoms with Crippen LogP contribution in [0.3, 0.4) is 0 Å². The van der Waals surface area contributed by atoms with E-state index >= 15 is 0 Å². The lowest BCUT2D eigenvalue weighted by Gasteiger charge is -2.22. The minimum Gasteiger partial charge on any atom is -0.399 e. The van der Waals surface area contributed by atoms with Crippen molar-refractivity contribution in [3.63, 3.8) is 0 Å². The van der Waals surface area contributed by atoms with Gasteiger partial charge in [0.1, 0.15) is 0 Å². The quantitative estimate of drug-likeness (QED) is 0.836. The minimum atomic E-state index is 0.0749. The van der Waals surface area contributed by atoms with Crippen molar-refractivity contribution in [3.05, 3.63) is 29.8 Å². The first-order valence-corrected chi connectivity index (χ1v) is 7.07. The first-order valence-electron chi connectivity index (χ1n) is 7.07. The van der Waals surface area contributed by atoms with Gasteiger partial charge in [0.25, 0.3) is 5.91 Å². The van der Waals surface area contributed by atoms with Crippen molar-refractivity contribution in [2.24, 2.45) is 0 Å². The number of methoxy groups -OCH3 is 1. The largest absolute Gasteiger partial charge is 0.399 e. The molecule has 2 N–H and O–H groups in total. The molecule has 1 saturated heterocycles. The molecule has 1 heterocycles. The van der Waals surface area contributed by atoms with Crippen LogP contribution in [0, 0.1) is 0 Å². The Morgan fingerprint density at radius 2 is 2.15 bits per heavy atom. The van der Waals surface area contributed by atoms with E-state index in [2.05, 4.69) is 4.90 Å². The number of nitrogens with two attached hydrogens (primary N) is 1. The van der Waals surface area contributed by atoms with Gasteiger partial charge in [0, 0.05) is 44.5 Å². The second kappa shape index (κ2) is 7.26. The molecule has 0 aromatic heterocycles. The second-order valence-corrected chi connectivity index (χ2v) is 5.11. The van der Waals surface area contributed by atoms with E-state index in [-0.39, 0.29) is 5.91 Å². The number of hydrogen-bond donors (Lipinski definition) is 1. The van der Waals surface area contributed by atoms with E-state index in [4.69, 9.17) is 10.5 Å². The van der Waals surface area contributed by atoms with Gasteiger partial charge in [-0.3, -0.25) is 9.69 Å². The fourth-order valence-electron chi connectivity index (χ4n) is 2.47. The van der Waals surface area contributed by atoms with Crippen molar-refractivity contribution in [3.8, 4) is 0 Å². The highest BCUT2D eigenvalue weighted by Gasteiger charge is 2.20. The first-order chi connectivity index (χ1) is 9.70. The molecule has 1 aliphatic heterocycles. The molecule has 20 heavy (non-hydrogen) atoms. The van der Waals surface area contributed by atoms with Crippen molar-refractivity contribution >= 4 is 11.6 Å². The molecule has 1 aromatic carbocycles. The van der Waals surface area contributed by atoms with Crippen LogP contribution in [0.1, 0.15) is 16.8 Å². The Kier molecular flexibility index (Phi) is 5.38. The monoisotopic (exact) mass is 277 g/mol. The number of nitrogens with zero attached hydrogens (tertiary/aromatic N) is 2. The maximum absolute atomic E-state index is 12.5. The summed E-state index contributed by atoms with van der Waals surface area (Å²) in [5.74, 6) is 0.0749. The molecule has 0 atom stereocenters. The van der Waals surface area contributed by atoms with Crippen LogP contribution >= 0.6 is 0 Å². The van der Waals surface area contributed by atoms with Gasteiger partial charge in [-0.1, -0.05) is 6.07 Å². The van der Waals surface area contributed by atoms with Crippen LogP contribution in [-0.2, 0) is 4.74 Å². The lowest BCUT2D eigenvalue weighted by atomic mass is 10.1. The zero-order valence-electron chi connectivity index (χ0n) is 12.0. The molecule has 0 unspecified atom stereocenters. The number of carbonyl (C=O) groups excluding carboxylic acids is 1. The smallest absolute Gasteiger partial charge is 0.253 e. The molecule has 0 aliphatic carbocycles. The number of amides is 1. The van der Waals surface area contributed by atoms with Crippen molar-refractivity contribution in [2.45, 2.75) is 6.42 Å². The highest BCUT2D eigenvalue weighted by molar-refractivity contribution is 5.95. The Morgan fingerprint density at radius 1 is 1.30 bits per heavy atom. The van der Waals surface area contributed by atoms with E-state index in [0.29, 0.717) is 11.3 Å². The summed E-state index contributed by atoms with van der Waals surface area (Å²) >= 11 is 0. The minimum absolute atomic E-state index is 0.0749. The van der Waals surface area contributed by atoms with Gasteiger partial charge in [-0.25, -0.2) is 0 Å². The summed E-state index contributed by atoms with van der Waals surface area (Å²) < 4.78 is 5.11. The summed E-state index contributed by atoms with van der Waals surface area (Å²) in [6.07, 6.45) is 0.998. The van der Waals surface area contributed by atoms with Crippen LogP contribution in [0.15, 0.2) is 24.3 Å².